The van der Waals surface area contributed by atoms with Gasteiger partial charge in [-0.05, 0) is 41.9 Å². The number of hydrogen-bond acceptors (Lipinski definition) is 6. The van der Waals surface area contributed by atoms with Gasteiger partial charge in [-0.1, -0.05) is 6.07 Å². The maximum absolute atomic E-state index is 5.36. The van der Waals surface area contributed by atoms with Crippen LogP contribution in [0.5, 0.6) is 11.5 Å². The fourth-order valence-corrected chi connectivity index (χ4v) is 3.09. The molecule has 0 aliphatic rings. The molecule has 0 bridgehead atoms. The van der Waals surface area contributed by atoms with Crippen LogP contribution in [-0.2, 0) is 6.42 Å². The number of benzene rings is 1. The summed E-state index contributed by atoms with van der Waals surface area (Å²) in [6.45, 7) is 0. The molecule has 2 aromatic heterocycles. The minimum atomic E-state index is 0.444. The smallest absolute Gasteiger partial charge is 0.216 e. The Morgan fingerprint density at radius 3 is 2.92 bits per heavy atom. The first-order chi connectivity index (χ1) is 11.7. The second-order valence-electron chi connectivity index (χ2n) is 4.87. The lowest BCUT2D eigenvalue weighted by atomic mass is 10.2. The molecule has 3 aromatic rings. The lowest BCUT2D eigenvalue weighted by Crippen LogP contribution is -2.00. The van der Waals surface area contributed by atoms with Gasteiger partial charge in [-0.2, -0.15) is 14.9 Å². The highest BCUT2D eigenvalue weighted by Crippen LogP contribution is 2.22. The van der Waals surface area contributed by atoms with E-state index in [-0.39, 0.29) is 0 Å². The zero-order valence-corrected chi connectivity index (χ0v) is 14.9. The van der Waals surface area contributed by atoms with Crippen molar-refractivity contribution in [3.05, 3.63) is 56.7 Å². The number of aromatic amines is 1. The largest absolute Gasteiger partial charge is 0.497 e. The monoisotopic (exact) mass is 360 g/mol. The highest BCUT2D eigenvalue weighted by molar-refractivity contribution is 7.71. The minimum Gasteiger partial charge on any atom is -0.497 e. The summed E-state index contributed by atoms with van der Waals surface area (Å²) in [4.78, 5) is 1.19. The second-order valence-corrected chi connectivity index (χ2v) is 6.28. The summed E-state index contributed by atoms with van der Waals surface area (Å²) in [5, 5.41) is 13.5. The molecule has 3 rings (SSSR count). The Balaban J connectivity index is 1.92. The fourth-order valence-electron chi connectivity index (χ4n) is 2.19. The van der Waals surface area contributed by atoms with Gasteiger partial charge in [-0.3, -0.25) is 5.10 Å². The molecule has 0 spiro atoms. The molecule has 0 saturated heterocycles. The van der Waals surface area contributed by atoms with Gasteiger partial charge in [0.25, 0.3) is 0 Å². The van der Waals surface area contributed by atoms with E-state index >= 15 is 0 Å². The van der Waals surface area contributed by atoms with Crippen molar-refractivity contribution in [1.82, 2.24) is 14.9 Å². The molecule has 2 heterocycles. The van der Waals surface area contributed by atoms with E-state index in [4.69, 9.17) is 21.7 Å². The fraction of sp³-hybridized carbons (Fsp3) is 0.188. The Morgan fingerprint density at radius 2 is 2.21 bits per heavy atom. The number of H-pyrrole nitrogens is 1. The van der Waals surface area contributed by atoms with Crippen molar-refractivity contribution in [3.63, 3.8) is 0 Å². The van der Waals surface area contributed by atoms with Gasteiger partial charge in [0.2, 0.25) is 4.77 Å². The van der Waals surface area contributed by atoms with E-state index in [9.17, 15) is 0 Å². The summed E-state index contributed by atoms with van der Waals surface area (Å²) >= 11 is 6.94. The summed E-state index contributed by atoms with van der Waals surface area (Å²) < 4.78 is 12.7. The van der Waals surface area contributed by atoms with Gasteiger partial charge in [0.05, 0.1) is 20.4 Å². The van der Waals surface area contributed by atoms with Gasteiger partial charge in [-0.25, -0.2) is 0 Å². The predicted octanol–water partition coefficient (Wildman–Crippen LogP) is 3.49. The van der Waals surface area contributed by atoms with Crippen molar-refractivity contribution < 1.29 is 9.47 Å². The van der Waals surface area contributed by atoms with Crippen LogP contribution in [0.15, 0.2) is 40.8 Å². The molecule has 24 heavy (non-hydrogen) atoms. The molecule has 124 valence electrons. The molecule has 1 N–H and O–H groups in total. The molecular formula is C16H16N4O2S2. The molecule has 0 unspecified atom stereocenters. The number of rotatable bonds is 6. The summed E-state index contributed by atoms with van der Waals surface area (Å²) in [6, 6.07) is 9.59. The van der Waals surface area contributed by atoms with Crippen LogP contribution in [0.3, 0.4) is 0 Å². The first kappa shape index (κ1) is 16.4. The molecular weight excluding hydrogens is 344 g/mol. The third kappa shape index (κ3) is 3.55. The van der Waals surface area contributed by atoms with Gasteiger partial charge < -0.3 is 9.47 Å². The van der Waals surface area contributed by atoms with Gasteiger partial charge >= 0.3 is 0 Å². The number of aromatic nitrogens is 3. The van der Waals surface area contributed by atoms with Gasteiger partial charge in [0.1, 0.15) is 11.5 Å². The predicted molar refractivity (Wildman–Crippen MR) is 97.1 cm³/mol. The lowest BCUT2D eigenvalue weighted by molar-refractivity contribution is 0.402. The molecule has 0 amide bonds. The Labute approximate surface area is 148 Å². The summed E-state index contributed by atoms with van der Waals surface area (Å²) in [6.07, 6.45) is 2.35. The molecule has 0 saturated carbocycles. The average molecular weight is 360 g/mol. The second kappa shape index (κ2) is 7.41. The molecule has 1 aromatic carbocycles. The standard InChI is InChI=1S/C16H16N4O2S2/c1-21-12-5-6-14(22-2)11(8-12)10-17-20-15(18-19-16(20)23)9-13-4-3-7-24-13/h3-8,10H,9H2,1-2H3,(H,19,23)/b17-10-. The van der Waals surface area contributed by atoms with Gasteiger partial charge in [-0.15, -0.1) is 11.3 Å². The Hall–Kier alpha value is -2.45. The highest BCUT2D eigenvalue weighted by Gasteiger charge is 2.08. The molecule has 0 aliphatic heterocycles. The molecule has 6 nitrogen and oxygen atoms in total. The molecule has 0 radical (unpaired) electrons. The van der Waals surface area contributed by atoms with Crippen LogP contribution in [0.25, 0.3) is 0 Å². The normalized spacial score (nSPS) is 11.1. The van der Waals surface area contributed by atoms with Crippen LogP contribution in [-0.4, -0.2) is 35.3 Å². The third-order valence-electron chi connectivity index (χ3n) is 3.38. The number of methoxy groups -OCH3 is 2. The minimum absolute atomic E-state index is 0.444. The highest BCUT2D eigenvalue weighted by atomic mass is 32.1. The number of ether oxygens (including phenoxy) is 2. The molecule has 0 atom stereocenters. The Bertz CT molecular complexity index is 897. The van der Waals surface area contributed by atoms with Crippen molar-refractivity contribution in [2.24, 2.45) is 5.10 Å². The van der Waals surface area contributed by atoms with E-state index in [2.05, 4.69) is 21.4 Å². The lowest BCUT2D eigenvalue weighted by Gasteiger charge is -2.07. The van der Waals surface area contributed by atoms with E-state index in [1.807, 2.05) is 29.6 Å². The van der Waals surface area contributed by atoms with Crippen molar-refractivity contribution in [2.45, 2.75) is 6.42 Å². The van der Waals surface area contributed by atoms with Crippen molar-refractivity contribution in [1.29, 1.82) is 0 Å². The number of hydrogen-bond donors (Lipinski definition) is 1. The van der Waals surface area contributed by atoms with E-state index in [1.54, 1.807) is 36.4 Å². The molecule has 0 aliphatic carbocycles. The van der Waals surface area contributed by atoms with Crippen molar-refractivity contribution in [2.75, 3.05) is 14.2 Å². The number of nitrogens with one attached hydrogen (secondary N) is 1. The summed E-state index contributed by atoms with van der Waals surface area (Å²) in [5.74, 6) is 2.18. The summed E-state index contributed by atoms with van der Waals surface area (Å²) in [7, 11) is 3.24. The van der Waals surface area contributed by atoms with Gasteiger partial charge in [0, 0.05) is 16.9 Å². The first-order valence-corrected chi connectivity index (χ1v) is 8.45. The van der Waals surface area contributed by atoms with Crippen LogP contribution in [0.1, 0.15) is 16.3 Å². The number of thiophene rings is 1. The van der Waals surface area contributed by atoms with Crippen LogP contribution in [0.4, 0.5) is 0 Å². The first-order valence-electron chi connectivity index (χ1n) is 7.16. The van der Waals surface area contributed by atoms with Crippen LogP contribution < -0.4 is 9.47 Å². The zero-order chi connectivity index (χ0) is 16.9. The van der Waals surface area contributed by atoms with Gasteiger partial charge in [0.15, 0.2) is 5.82 Å². The quantitative estimate of drug-likeness (QED) is 0.540. The Morgan fingerprint density at radius 1 is 1.33 bits per heavy atom. The maximum Gasteiger partial charge on any atom is 0.216 e. The maximum atomic E-state index is 5.36. The third-order valence-corrected chi connectivity index (χ3v) is 4.52. The van der Waals surface area contributed by atoms with Crippen molar-refractivity contribution >= 4 is 29.8 Å². The van der Waals surface area contributed by atoms with Crippen LogP contribution in [0.2, 0.25) is 0 Å². The van der Waals surface area contributed by atoms with E-state index < -0.39 is 0 Å². The summed E-state index contributed by atoms with van der Waals surface area (Å²) in [5.41, 5.74) is 0.794. The van der Waals surface area contributed by atoms with Crippen LogP contribution >= 0.6 is 23.6 Å². The van der Waals surface area contributed by atoms with Crippen molar-refractivity contribution in [3.8, 4) is 11.5 Å². The Kier molecular flexibility index (Phi) is 5.07. The molecule has 8 heteroatoms. The van der Waals surface area contributed by atoms with E-state index in [0.717, 1.165) is 17.1 Å². The van der Waals surface area contributed by atoms with E-state index in [0.29, 0.717) is 16.9 Å². The van der Waals surface area contributed by atoms with Crippen LogP contribution in [0, 0.1) is 4.77 Å². The average Bonchev–Trinajstić information content (AvgIpc) is 3.23. The molecule has 0 fully saturated rings. The topological polar surface area (TPSA) is 64.4 Å². The number of nitrogens with zero attached hydrogens (tertiary/aromatic N) is 3. The SMILES string of the molecule is COc1ccc(OC)c(/C=N\n2c(Cc3cccs3)n[nH]c2=S)c1. The zero-order valence-electron chi connectivity index (χ0n) is 13.2. The van der Waals surface area contributed by atoms with E-state index in [1.165, 1.54) is 4.88 Å².